The minimum Gasteiger partial charge on any atom is -0.369 e. The van der Waals surface area contributed by atoms with E-state index in [9.17, 15) is 0 Å². The van der Waals surface area contributed by atoms with Crippen LogP contribution in [-0.2, 0) is 25.7 Å². The highest BCUT2D eigenvalue weighted by Crippen LogP contribution is 2.38. The lowest BCUT2D eigenvalue weighted by Crippen LogP contribution is -2.07. The fourth-order valence-corrected chi connectivity index (χ4v) is 5.07. The first-order chi connectivity index (χ1) is 10.8. The first-order valence-electron chi connectivity index (χ1n) is 7.78. The van der Waals surface area contributed by atoms with Crippen molar-refractivity contribution in [3.05, 3.63) is 32.8 Å². The summed E-state index contributed by atoms with van der Waals surface area (Å²) in [6.07, 6.45) is 9.33. The SMILES string of the molecule is CCc1cnc(CCNc2ncnc3sc4c(c23)CCC4)s1. The van der Waals surface area contributed by atoms with Gasteiger partial charge in [0.05, 0.1) is 10.4 Å². The van der Waals surface area contributed by atoms with E-state index in [1.807, 2.05) is 28.9 Å². The summed E-state index contributed by atoms with van der Waals surface area (Å²) in [5, 5.41) is 5.96. The Hall–Kier alpha value is -1.53. The lowest BCUT2D eigenvalue weighted by molar-refractivity contribution is 0.916. The molecular weight excluding hydrogens is 312 g/mol. The van der Waals surface area contributed by atoms with Gasteiger partial charge in [-0.25, -0.2) is 15.0 Å². The van der Waals surface area contributed by atoms with E-state index in [1.165, 1.54) is 45.0 Å². The van der Waals surface area contributed by atoms with E-state index in [4.69, 9.17) is 0 Å². The molecule has 0 aliphatic heterocycles. The van der Waals surface area contributed by atoms with Gasteiger partial charge in [-0.1, -0.05) is 6.92 Å². The first kappa shape index (κ1) is 14.1. The van der Waals surface area contributed by atoms with Crippen molar-refractivity contribution < 1.29 is 0 Å². The molecule has 4 nitrogen and oxygen atoms in total. The molecule has 0 amide bonds. The number of thiophene rings is 1. The molecule has 4 rings (SSSR count). The van der Waals surface area contributed by atoms with Crippen molar-refractivity contribution in [1.29, 1.82) is 0 Å². The predicted molar refractivity (Wildman–Crippen MR) is 93.1 cm³/mol. The van der Waals surface area contributed by atoms with Crippen molar-refractivity contribution in [2.24, 2.45) is 0 Å². The third-order valence-corrected chi connectivity index (χ3v) is 6.48. The number of anilines is 1. The normalized spacial score (nSPS) is 13.7. The van der Waals surface area contributed by atoms with Crippen LogP contribution in [0.5, 0.6) is 0 Å². The van der Waals surface area contributed by atoms with E-state index in [0.29, 0.717) is 0 Å². The zero-order valence-electron chi connectivity index (χ0n) is 12.6. The van der Waals surface area contributed by atoms with Crippen molar-refractivity contribution in [2.75, 3.05) is 11.9 Å². The van der Waals surface area contributed by atoms with Gasteiger partial charge < -0.3 is 5.32 Å². The topological polar surface area (TPSA) is 50.7 Å². The number of nitrogens with one attached hydrogen (secondary N) is 1. The van der Waals surface area contributed by atoms with Crippen LogP contribution in [0.2, 0.25) is 0 Å². The monoisotopic (exact) mass is 330 g/mol. The Morgan fingerprint density at radius 2 is 2.14 bits per heavy atom. The molecule has 0 saturated carbocycles. The molecule has 6 heteroatoms. The van der Waals surface area contributed by atoms with Gasteiger partial charge in [0, 0.05) is 28.9 Å². The molecule has 0 saturated heterocycles. The molecule has 0 atom stereocenters. The Labute approximate surface area is 137 Å². The fraction of sp³-hybridized carbons (Fsp3) is 0.438. The highest BCUT2D eigenvalue weighted by molar-refractivity contribution is 7.19. The molecule has 1 aliphatic carbocycles. The quantitative estimate of drug-likeness (QED) is 0.772. The summed E-state index contributed by atoms with van der Waals surface area (Å²) < 4.78 is 0. The van der Waals surface area contributed by atoms with E-state index in [-0.39, 0.29) is 0 Å². The minimum absolute atomic E-state index is 0.868. The van der Waals surface area contributed by atoms with Crippen LogP contribution in [-0.4, -0.2) is 21.5 Å². The lowest BCUT2D eigenvalue weighted by atomic mass is 10.2. The molecule has 0 radical (unpaired) electrons. The van der Waals surface area contributed by atoms with Gasteiger partial charge >= 0.3 is 0 Å². The van der Waals surface area contributed by atoms with Crippen LogP contribution in [0.3, 0.4) is 0 Å². The molecular formula is C16H18N4S2. The molecule has 0 fully saturated rings. The van der Waals surface area contributed by atoms with Gasteiger partial charge in [-0.15, -0.1) is 22.7 Å². The van der Waals surface area contributed by atoms with Gasteiger partial charge in [-0.3, -0.25) is 0 Å². The summed E-state index contributed by atoms with van der Waals surface area (Å²) in [5.41, 5.74) is 1.48. The molecule has 1 aliphatic rings. The van der Waals surface area contributed by atoms with Crippen LogP contribution < -0.4 is 5.32 Å². The van der Waals surface area contributed by atoms with Gasteiger partial charge in [-0.2, -0.15) is 0 Å². The third-order valence-electron chi connectivity index (χ3n) is 4.08. The molecule has 3 aromatic heterocycles. The number of hydrogen-bond donors (Lipinski definition) is 1. The Kier molecular flexibility index (Phi) is 3.80. The number of aryl methyl sites for hydroxylation is 3. The summed E-state index contributed by atoms with van der Waals surface area (Å²) in [6.45, 7) is 3.04. The summed E-state index contributed by atoms with van der Waals surface area (Å²) in [4.78, 5) is 17.4. The predicted octanol–water partition coefficient (Wildman–Crippen LogP) is 3.85. The van der Waals surface area contributed by atoms with Crippen LogP contribution in [0.4, 0.5) is 5.82 Å². The van der Waals surface area contributed by atoms with Crippen molar-refractivity contribution in [3.63, 3.8) is 0 Å². The van der Waals surface area contributed by atoms with Gasteiger partial charge in [0.1, 0.15) is 17.0 Å². The van der Waals surface area contributed by atoms with Gasteiger partial charge in [0.15, 0.2) is 0 Å². The van der Waals surface area contributed by atoms with Crippen molar-refractivity contribution in [1.82, 2.24) is 15.0 Å². The summed E-state index contributed by atoms with van der Waals surface area (Å²) in [7, 11) is 0. The standard InChI is InChI=1S/C16H18N4S2/c1-2-10-8-18-13(21-10)6-7-17-15-14-11-4-3-5-12(11)22-16(14)20-9-19-15/h8-9H,2-7H2,1H3,(H,17,19,20). The molecule has 1 N–H and O–H groups in total. The molecule has 114 valence electrons. The molecule has 0 bridgehead atoms. The Bertz CT molecular complexity index is 806. The van der Waals surface area contributed by atoms with E-state index < -0.39 is 0 Å². The van der Waals surface area contributed by atoms with E-state index in [2.05, 4.69) is 27.2 Å². The van der Waals surface area contributed by atoms with Crippen molar-refractivity contribution >= 4 is 38.7 Å². The first-order valence-corrected chi connectivity index (χ1v) is 9.41. The van der Waals surface area contributed by atoms with Crippen LogP contribution in [0.1, 0.15) is 33.7 Å². The molecule has 0 spiro atoms. The third kappa shape index (κ3) is 2.50. The zero-order valence-corrected chi connectivity index (χ0v) is 14.2. The van der Waals surface area contributed by atoms with Crippen LogP contribution in [0.15, 0.2) is 12.5 Å². The largest absolute Gasteiger partial charge is 0.369 e. The average molecular weight is 330 g/mol. The number of aromatic nitrogens is 3. The average Bonchev–Trinajstić information content (AvgIpc) is 3.22. The maximum absolute atomic E-state index is 4.48. The van der Waals surface area contributed by atoms with Crippen LogP contribution in [0, 0.1) is 0 Å². The second-order valence-electron chi connectivity index (χ2n) is 5.51. The minimum atomic E-state index is 0.868. The van der Waals surface area contributed by atoms with Gasteiger partial charge in [-0.05, 0) is 31.2 Å². The smallest absolute Gasteiger partial charge is 0.138 e. The molecule has 0 unspecified atom stereocenters. The van der Waals surface area contributed by atoms with E-state index in [1.54, 1.807) is 6.33 Å². The zero-order chi connectivity index (χ0) is 14.9. The molecule has 22 heavy (non-hydrogen) atoms. The summed E-state index contributed by atoms with van der Waals surface area (Å²) in [6, 6.07) is 0. The van der Waals surface area contributed by atoms with Crippen molar-refractivity contribution in [3.8, 4) is 0 Å². The Morgan fingerprint density at radius 3 is 3.00 bits per heavy atom. The number of rotatable bonds is 5. The van der Waals surface area contributed by atoms with Crippen LogP contribution in [0.25, 0.3) is 10.2 Å². The fourth-order valence-electron chi connectivity index (χ4n) is 2.98. The number of nitrogens with zero attached hydrogens (tertiary/aromatic N) is 3. The lowest BCUT2D eigenvalue weighted by Gasteiger charge is -2.06. The highest BCUT2D eigenvalue weighted by Gasteiger charge is 2.20. The highest BCUT2D eigenvalue weighted by atomic mass is 32.1. The van der Waals surface area contributed by atoms with E-state index >= 15 is 0 Å². The van der Waals surface area contributed by atoms with Crippen LogP contribution >= 0.6 is 22.7 Å². The van der Waals surface area contributed by atoms with Crippen molar-refractivity contribution in [2.45, 2.75) is 39.0 Å². The Morgan fingerprint density at radius 1 is 1.18 bits per heavy atom. The molecule has 3 aromatic rings. The maximum atomic E-state index is 4.48. The summed E-state index contributed by atoms with van der Waals surface area (Å²) in [5.74, 6) is 0.997. The molecule has 3 heterocycles. The van der Waals surface area contributed by atoms with Gasteiger partial charge in [0.25, 0.3) is 0 Å². The number of thiazole rings is 1. The van der Waals surface area contributed by atoms with Gasteiger partial charge in [0.2, 0.25) is 0 Å². The maximum Gasteiger partial charge on any atom is 0.138 e. The summed E-state index contributed by atoms with van der Waals surface area (Å²) >= 11 is 3.65. The second-order valence-corrected chi connectivity index (χ2v) is 7.79. The Balaban J connectivity index is 1.52. The number of hydrogen-bond acceptors (Lipinski definition) is 6. The second kappa shape index (κ2) is 5.93. The number of fused-ring (bicyclic) bond motifs is 3. The molecule has 0 aromatic carbocycles. The van der Waals surface area contributed by atoms with E-state index in [0.717, 1.165) is 30.0 Å².